The third-order valence-electron chi connectivity index (χ3n) is 2.15. The minimum absolute atomic E-state index is 0.0312. The highest BCUT2D eigenvalue weighted by Crippen LogP contribution is 2.27. The molecule has 0 saturated carbocycles. The van der Waals surface area contributed by atoms with E-state index >= 15 is 0 Å². The molecule has 4 nitrogen and oxygen atoms in total. The number of nitrogens with one attached hydrogen (secondary N) is 2. The lowest BCUT2D eigenvalue weighted by atomic mass is 10.3. The van der Waals surface area contributed by atoms with E-state index in [4.69, 9.17) is 22.7 Å². The number of nitrogens with zero attached hydrogens (tertiary/aromatic N) is 1. The fourth-order valence-corrected chi connectivity index (χ4v) is 2.22. The van der Waals surface area contributed by atoms with Gasteiger partial charge in [-0.3, -0.25) is 5.41 Å². The van der Waals surface area contributed by atoms with Crippen molar-refractivity contribution in [2.75, 3.05) is 0 Å². The van der Waals surface area contributed by atoms with Crippen LogP contribution in [0.25, 0.3) is 11.0 Å². The molecule has 0 spiro atoms. The number of thioether (sulfide) groups is 1. The lowest BCUT2D eigenvalue weighted by molar-refractivity contribution is 0.978. The number of amidine groups is 1. The molecule has 0 fully saturated rings. The first-order valence-corrected chi connectivity index (χ1v) is 5.98. The van der Waals surface area contributed by atoms with Gasteiger partial charge in [-0.25, -0.2) is 4.98 Å². The van der Waals surface area contributed by atoms with Gasteiger partial charge in [0.15, 0.2) is 5.17 Å². The highest BCUT2D eigenvalue weighted by atomic mass is 35.5. The highest BCUT2D eigenvalue weighted by molar-refractivity contribution is 8.13. The Balaban J connectivity index is 2.35. The molecule has 1 unspecified atom stereocenters. The molecule has 1 aromatic carbocycles. The van der Waals surface area contributed by atoms with Crippen LogP contribution < -0.4 is 5.73 Å². The number of H-pyrrole nitrogens is 1. The summed E-state index contributed by atoms with van der Waals surface area (Å²) in [7, 11) is 0. The number of nitrogens with two attached hydrogens (primary N) is 1. The fourth-order valence-electron chi connectivity index (χ4n) is 1.44. The summed E-state index contributed by atoms with van der Waals surface area (Å²) in [5, 5.41) is 8.02. The van der Waals surface area contributed by atoms with Gasteiger partial charge in [-0.1, -0.05) is 23.4 Å². The van der Waals surface area contributed by atoms with E-state index in [9.17, 15) is 0 Å². The maximum atomic E-state index is 7.22. The Hall–Kier alpha value is -1.20. The van der Waals surface area contributed by atoms with Crippen molar-refractivity contribution in [3.63, 3.8) is 0 Å². The summed E-state index contributed by atoms with van der Waals surface area (Å²) in [6.07, 6.45) is 0. The molecular formula is C10H11ClN4S. The lowest BCUT2D eigenvalue weighted by Gasteiger charge is -2.04. The number of fused-ring (bicyclic) bond motifs is 1. The van der Waals surface area contributed by atoms with Crippen molar-refractivity contribution in [1.82, 2.24) is 9.97 Å². The minimum atomic E-state index is 0.0312. The number of aromatic amines is 1. The smallest absolute Gasteiger partial charge is 0.151 e. The molecule has 0 aliphatic rings. The Morgan fingerprint density at radius 2 is 2.38 bits per heavy atom. The number of halogens is 1. The molecule has 0 aliphatic heterocycles. The molecule has 0 saturated heterocycles. The SMILES string of the molecule is CC(SC(=N)N)c1nc2ccc(Cl)cc2[nH]1. The molecule has 0 amide bonds. The van der Waals surface area contributed by atoms with Crippen LogP contribution in [0.1, 0.15) is 18.0 Å². The Labute approximate surface area is 102 Å². The number of hydrogen-bond acceptors (Lipinski definition) is 3. The molecule has 1 aromatic heterocycles. The van der Waals surface area contributed by atoms with Gasteiger partial charge in [-0.2, -0.15) is 0 Å². The molecule has 2 aromatic rings. The first-order valence-electron chi connectivity index (χ1n) is 4.72. The van der Waals surface area contributed by atoms with Crippen molar-refractivity contribution in [3.05, 3.63) is 29.0 Å². The Bertz CT molecular complexity index is 537. The first-order chi connectivity index (χ1) is 7.56. The van der Waals surface area contributed by atoms with Crippen LogP contribution in [-0.4, -0.2) is 15.1 Å². The van der Waals surface area contributed by atoms with Gasteiger partial charge < -0.3 is 10.7 Å². The van der Waals surface area contributed by atoms with Crippen molar-refractivity contribution >= 4 is 39.6 Å². The number of benzene rings is 1. The van der Waals surface area contributed by atoms with Crippen LogP contribution in [-0.2, 0) is 0 Å². The zero-order valence-corrected chi connectivity index (χ0v) is 10.2. The number of aromatic nitrogens is 2. The monoisotopic (exact) mass is 254 g/mol. The van der Waals surface area contributed by atoms with Gasteiger partial charge in [0.2, 0.25) is 0 Å². The fraction of sp³-hybridized carbons (Fsp3) is 0.200. The van der Waals surface area contributed by atoms with Gasteiger partial charge in [-0.15, -0.1) is 0 Å². The molecule has 1 heterocycles. The third-order valence-corrected chi connectivity index (χ3v) is 3.22. The van der Waals surface area contributed by atoms with Gasteiger partial charge in [0, 0.05) is 5.02 Å². The van der Waals surface area contributed by atoms with Crippen LogP contribution in [0.2, 0.25) is 5.02 Å². The van der Waals surface area contributed by atoms with E-state index in [1.807, 2.05) is 19.1 Å². The van der Waals surface area contributed by atoms with E-state index in [2.05, 4.69) is 9.97 Å². The average Bonchev–Trinajstić information content (AvgIpc) is 2.59. The molecule has 0 radical (unpaired) electrons. The van der Waals surface area contributed by atoms with Crippen molar-refractivity contribution < 1.29 is 0 Å². The van der Waals surface area contributed by atoms with E-state index in [0.29, 0.717) is 5.02 Å². The number of rotatable bonds is 2. The van der Waals surface area contributed by atoms with Gasteiger partial charge in [-0.05, 0) is 25.1 Å². The van der Waals surface area contributed by atoms with Crippen LogP contribution in [0.4, 0.5) is 0 Å². The van der Waals surface area contributed by atoms with Crippen LogP contribution in [0.3, 0.4) is 0 Å². The predicted molar refractivity (Wildman–Crippen MR) is 69.0 cm³/mol. The molecule has 1 atom stereocenters. The third kappa shape index (κ3) is 2.31. The number of imidazole rings is 1. The maximum Gasteiger partial charge on any atom is 0.151 e. The highest BCUT2D eigenvalue weighted by Gasteiger charge is 2.12. The molecule has 0 aliphatic carbocycles. The van der Waals surface area contributed by atoms with Gasteiger partial charge in [0.1, 0.15) is 5.82 Å². The molecule has 0 bridgehead atoms. The van der Waals surface area contributed by atoms with Crippen LogP contribution >= 0.6 is 23.4 Å². The van der Waals surface area contributed by atoms with Crippen molar-refractivity contribution in [1.29, 1.82) is 5.41 Å². The Morgan fingerprint density at radius 1 is 1.62 bits per heavy atom. The summed E-state index contributed by atoms with van der Waals surface area (Å²) < 4.78 is 0. The summed E-state index contributed by atoms with van der Waals surface area (Å²) in [4.78, 5) is 7.59. The molecule has 2 rings (SSSR count). The zero-order valence-electron chi connectivity index (χ0n) is 8.62. The predicted octanol–water partition coefficient (Wildman–Crippen LogP) is 2.90. The van der Waals surface area contributed by atoms with Crippen molar-refractivity contribution in [2.45, 2.75) is 12.2 Å². The van der Waals surface area contributed by atoms with E-state index in [0.717, 1.165) is 16.9 Å². The molecule has 16 heavy (non-hydrogen) atoms. The second-order valence-electron chi connectivity index (χ2n) is 3.41. The second kappa shape index (κ2) is 4.35. The first kappa shape index (κ1) is 11.3. The quantitative estimate of drug-likeness (QED) is 0.570. The van der Waals surface area contributed by atoms with Crippen molar-refractivity contribution in [2.24, 2.45) is 5.73 Å². The van der Waals surface area contributed by atoms with E-state index in [1.54, 1.807) is 6.07 Å². The zero-order chi connectivity index (χ0) is 11.7. The van der Waals surface area contributed by atoms with Crippen LogP contribution in [0.15, 0.2) is 18.2 Å². The summed E-state index contributed by atoms with van der Waals surface area (Å²) in [5.74, 6) is 0.803. The topological polar surface area (TPSA) is 78.6 Å². The van der Waals surface area contributed by atoms with Crippen LogP contribution in [0, 0.1) is 5.41 Å². The summed E-state index contributed by atoms with van der Waals surface area (Å²) in [6.45, 7) is 1.95. The van der Waals surface area contributed by atoms with E-state index < -0.39 is 0 Å². The Morgan fingerprint density at radius 3 is 3.06 bits per heavy atom. The molecule has 4 N–H and O–H groups in total. The molecular weight excluding hydrogens is 244 g/mol. The largest absolute Gasteiger partial charge is 0.379 e. The summed E-state index contributed by atoms with van der Waals surface area (Å²) in [5.41, 5.74) is 7.10. The average molecular weight is 255 g/mol. The Kier molecular flexibility index (Phi) is 3.07. The summed E-state index contributed by atoms with van der Waals surface area (Å²) in [6, 6.07) is 5.50. The lowest BCUT2D eigenvalue weighted by Crippen LogP contribution is -2.06. The van der Waals surface area contributed by atoms with Crippen molar-refractivity contribution in [3.8, 4) is 0 Å². The van der Waals surface area contributed by atoms with E-state index in [1.165, 1.54) is 11.8 Å². The van der Waals surface area contributed by atoms with E-state index in [-0.39, 0.29) is 10.4 Å². The maximum absolute atomic E-state index is 7.22. The van der Waals surface area contributed by atoms with Gasteiger partial charge in [0.05, 0.1) is 16.3 Å². The van der Waals surface area contributed by atoms with Gasteiger partial charge >= 0.3 is 0 Å². The van der Waals surface area contributed by atoms with Gasteiger partial charge in [0.25, 0.3) is 0 Å². The molecule has 6 heteroatoms. The van der Waals surface area contributed by atoms with Crippen LogP contribution in [0.5, 0.6) is 0 Å². The molecule has 84 valence electrons. The number of hydrogen-bond donors (Lipinski definition) is 3. The second-order valence-corrected chi connectivity index (χ2v) is 5.23. The standard InChI is InChI=1S/C10H11ClN4S/c1-5(16-10(12)13)9-14-7-3-2-6(11)4-8(7)15-9/h2-5H,1H3,(H3,12,13)(H,14,15). The minimum Gasteiger partial charge on any atom is -0.379 e. The normalized spacial score (nSPS) is 12.9. The summed E-state index contributed by atoms with van der Waals surface area (Å²) >= 11 is 7.15.